The van der Waals surface area contributed by atoms with Crippen molar-refractivity contribution in [3.63, 3.8) is 0 Å². The molecule has 1 aromatic rings. The van der Waals surface area contributed by atoms with Crippen molar-refractivity contribution in [2.75, 3.05) is 0 Å². The fourth-order valence-electron chi connectivity index (χ4n) is 0.523. The predicted molar refractivity (Wildman–Crippen MR) is 37.9 cm³/mol. The summed E-state index contributed by atoms with van der Waals surface area (Å²) < 4.78 is 4.26. The van der Waals surface area contributed by atoms with E-state index in [2.05, 4.69) is 9.72 Å². The zero-order chi connectivity index (χ0) is 8.27. The molecule has 0 aromatic carbocycles. The van der Waals surface area contributed by atoms with Gasteiger partial charge in [-0.1, -0.05) is 11.6 Å². The number of ether oxygens (including phenoxy) is 1. The molecule has 0 unspecified atom stereocenters. The molecule has 0 aliphatic heterocycles. The van der Waals surface area contributed by atoms with E-state index in [1.54, 1.807) is 0 Å². The van der Waals surface area contributed by atoms with E-state index in [9.17, 15) is 4.79 Å². The van der Waals surface area contributed by atoms with Gasteiger partial charge in [0.15, 0.2) is 5.75 Å². The summed E-state index contributed by atoms with van der Waals surface area (Å²) in [7, 11) is 0. The van der Waals surface area contributed by atoms with Crippen molar-refractivity contribution in [3.8, 4) is 5.75 Å². The van der Waals surface area contributed by atoms with Crippen LogP contribution in [0.4, 0.5) is 4.79 Å². The number of carboxylic acid groups (broad SMARTS) is 1. The van der Waals surface area contributed by atoms with Crippen LogP contribution in [0, 0.1) is 0 Å². The van der Waals surface area contributed by atoms with Gasteiger partial charge in [0.1, 0.15) is 5.15 Å². The van der Waals surface area contributed by atoms with Gasteiger partial charge in [-0.15, -0.1) is 0 Å². The summed E-state index contributed by atoms with van der Waals surface area (Å²) in [6, 6.07) is 2.86. The Morgan fingerprint density at radius 3 is 2.82 bits per heavy atom. The van der Waals surface area contributed by atoms with E-state index in [-0.39, 0.29) is 5.75 Å². The smallest absolute Gasteiger partial charge is 0.449 e. The lowest BCUT2D eigenvalue weighted by Crippen LogP contribution is -2.02. The van der Waals surface area contributed by atoms with Gasteiger partial charge in [0.25, 0.3) is 0 Å². The van der Waals surface area contributed by atoms with E-state index < -0.39 is 6.16 Å². The highest BCUT2D eigenvalue weighted by molar-refractivity contribution is 6.29. The number of rotatable bonds is 1. The molecular formula is C6H4ClNO3. The van der Waals surface area contributed by atoms with Gasteiger partial charge in [0.05, 0.1) is 6.20 Å². The highest BCUT2D eigenvalue weighted by Gasteiger charge is 1.99. The van der Waals surface area contributed by atoms with Gasteiger partial charge in [0, 0.05) is 0 Å². The third-order valence-electron chi connectivity index (χ3n) is 0.905. The molecule has 5 heteroatoms. The second-order valence-electron chi connectivity index (χ2n) is 1.68. The van der Waals surface area contributed by atoms with Crippen LogP contribution < -0.4 is 4.74 Å². The summed E-state index contributed by atoms with van der Waals surface area (Å²) in [6.45, 7) is 0. The number of halogens is 1. The molecule has 0 saturated heterocycles. The van der Waals surface area contributed by atoms with Crippen LogP contribution in [-0.2, 0) is 0 Å². The molecule has 1 N–H and O–H groups in total. The maximum Gasteiger partial charge on any atom is 0.511 e. The molecule has 0 atom stereocenters. The lowest BCUT2D eigenvalue weighted by Gasteiger charge is -1.96. The first-order valence-electron chi connectivity index (χ1n) is 2.71. The lowest BCUT2D eigenvalue weighted by molar-refractivity contribution is 0.144. The highest BCUT2D eigenvalue weighted by Crippen LogP contribution is 2.11. The fraction of sp³-hybridized carbons (Fsp3) is 0. The van der Waals surface area contributed by atoms with E-state index in [4.69, 9.17) is 16.7 Å². The zero-order valence-electron chi connectivity index (χ0n) is 5.32. The highest BCUT2D eigenvalue weighted by atomic mass is 35.5. The van der Waals surface area contributed by atoms with Crippen LogP contribution in [0.5, 0.6) is 5.75 Å². The number of aromatic nitrogens is 1. The average Bonchev–Trinajstić information content (AvgIpc) is 1.93. The molecule has 0 spiro atoms. The predicted octanol–water partition coefficient (Wildman–Crippen LogP) is 1.79. The maximum absolute atomic E-state index is 9.97. The van der Waals surface area contributed by atoms with Crippen molar-refractivity contribution in [2.24, 2.45) is 0 Å². The largest absolute Gasteiger partial charge is 0.511 e. The lowest BCUT2D eigenvalue weighted by atomic mass is 10.5. The van der Waals surface area contributed by atoms with E-state index >= 15 is 0 Å². The summed E-state index contributed by atoms with van der Waals surface area (Å²) in [5.74, 6) is 0.155. The van der Waals surface area contributed by atoms with Crippen LogP contribution in [0.15, 0.2) is 18.3 Å². The van der Waals surface area contributed by atoms with Crippen LogP contribution >= 0.6 is 11.6 Å². The monoisotopic (exact) mass is 173 g/mol. The van der Waals surface area contributed by atoms with E-state index in [1.807, 2.05) is 0 Å². The molecule has 0 fully saturated rings. The second-order valence-corrected chi connectivity index (χ2v) is 2.07. The number of pyridine rings is 1. The van der Waals surface area contributed by atoms with Gasteiger partial charge in [-0.3, -0.25) is 0 Å². The Morgan fingerprint density at radius 2 is 2.36 bits per heavy atom. The Hall–Kier alpha value is -1.29. The molecule has 0 aliphatic rings. The first-order valence-corrected chi connectivity index (χ1v) is 3.08. The van der Waals surface area contributed by atoms with Crippen molar-refractivity contribution in [2.45, 2.75) is 0 Å². The Kier molecular flexibility index (Phi) is 2.28. The molecule has 1 heterocycles. The molecule has 0 amide bonds. The number of hydrogen-bond donors (Lipinski definition) is 1. The number of nitrogens with zero attached hydrogens (tertiary/aromatic N) is 1. The van der Waals surface area contributed by atoms with Gasteiger partial charge in [-0.25, -0.2) is 9.78 Å². The first-order chi connectivity index (χ1) is 5.18. The van der Waals surface area contributed by atoms with Crippen LogP contribution in [0.2, 0.25) is 5.15 Å². The molecule has 58 valence electrons. The third-order valence-corrected chi connectivity index (χ3v) is 1.13. The summed E-state index contributed by atoms with van der Waals surface area (Å²) >= 11 is 5.43. The van der Waals surface area contributed by atoms with Crippen molar-refractivity contribution in [1.82, 2.24) is 4.98 Å². The molecule has 0 aliphatic carbocycles. The normalized spacial score (nSPS) is 9.18. The molecule has 4 nitrogen and oxygen atoms in total. The number of hydrogen-bond acceptors (Lipinski definition) is 3. The molecule has 0 saturated carbocycles. The maximum atomic E-state index is 9.97. The van der Waals surface area contributed by atoms with Crippen molar-refractivity contribution in [1.29, 1.82) is 0 Å². The van der Waals surface area contributed by atoms with Gasteiger partial charge < -0.3 is 9.84 Å². The SMILES string of the molecule is O=C(O)Oc1ccc(Cl)nc1. The molecule has 0 radical (unpaired) electrons. The topological polar surface area (TPSA) is 59.4 Å². The van der Waals surface area contributed by atoms with Crippen molar-refractivity contribution < 1.29 is 14.6 Å². The second kappa shape index (κ2) is 3.21. The molecule has 0 bridgehead atoms. The van der Waals surface area contributed by atoms with Crippen LogP contribution in [0.1, 0.15) is 0 Å². The van der Waals surface area contributed by atoms with Gasteiger partial charge >= 0.3 is 6.16 Å². The summed E-state index contributed by atoms with van der Waals surface area (Å²) in [4.78, 5) is 13.6. The standard InChI is InChI=1S/C6H4ClNO3/c7-5-2-1-4(3-8-5)11-6(9)10/h1-3H,(H,9,10). The van der Waals surface area contributed by atoms with Gasteiger partial charge in [-0.05, 0) is 12.1 Å². The Labute approximate surface area is 67.4 Å². The minimum Gasteiger partial charge on any atom is -0.449 e. The molecule has 11 heavy (non-hydrogen) atoms. The third kappa shape index (κ3) is 2.43. The first kappa shape index (κ1) is 7.81. The molecular weight excluding hydrogens is 170 g/mol. The van der Waals surface area contributed by atoms with Gasteiger partial charge in [-0.2, -0.15) is 0 Å². The quantitative estimate of drug-likeness (QED) is 0.520. The van der Waals surface area contributed by atoms with Gasteiger partial charge in [0.2, 0.25) is 0 Å². The van der Waals surface area contributed by atoms with Crippen LogP contribution in [-0.4, -0.2) is 16.2 Å². The molecule has 1 aromatic heterocycles. The fourth-order valence-corrected chi connectivity index (χ4v) is 0.635. The van der Waals surface area contributed by atoms with E-state index in [0.29, 0.717) is 5.15 Å². The Bertz CT molecular complexity index is 259. The van der Waals surface area contributed by atoms with E-state index in [0.717, 1.165) is 0 Å². The van der Waals surface area contributed by atoms with E-state index in [1.165, 1.54) is 18.3 Å². The summed E-state index contributed by atoms with van der Waals surface area (Å²) in [6.07, 6.45) is -0.134. The van der Waals surface area contributed by atoms with Crippen molar-refractivity contribution >= 4 is 17.8 Å². The average molecular weight is 174 g/mol. The Morgan fingerprint density at radius 1 is 1.64 bits per heavy atom. The zero-order valence-corrected chi connectivity index (χ0v) is 6.08. The van der Waals surface area contributed by atoms with Crippen molar-refractivity contribution in [3.05, 3.63) is 23.5 Å². The minimum absolute atomic E-state index is 0.155. The Balaban J connectivity index is 2.74. The van der Waals surface area contributed by atoms with Crippen LogP contribution in [0.25, 0.3) is 0 Å². The number of carbonyl (C=O) groups is 1. The molecule has 1 rings (SSSR count). The summed E-state index contributed by atoms with van der Waals surface area (Å²) in [5, 5.41) is 8.45. The minimum atomic E-state index is -1.37. The van der Waals surface area contributed by atoms with Crippen LogP contribution in [0.3, 0.4) is 0 Å². The summed E-state index contributed by atoms with van der Waals surface area (Å²) in [5.41, 5.74) is 0.